The zero-order valence-corrected chi connectivity index (χ0v) is 14.9. The third-order valence-electron chi connectivity index (χ3n) is 3.08. The van der Waals surface area contributed by atoms with Gasteiger partial charge in [-0.1, -0.05) is 28.1 Å². The smallest absolute Gasteiger partial charge is 0.224 e. The van der Waals surface area contributed by atoms with E-state index in [1.807, 2.05) is 24.3 Å². The second-order valence-electron chi connectivity index (χ2n) is 5.22. The first kappa shape index (κ1) is 18.0. The molecule has 0 fully saturated rings. The summed E-state index contributed by atoms with van der Waals surface area (Å²) in [6, 6.07) is 14.6. The maximum absolute atomic E-state index is 11.9. The van der Waals surface area contributed by atoms with E-state index in [0.29, 0.717) is 30.8 Å². The Bertz CT molecular complexity index is 719. The van der Waals surface area contributed by atoms with E-state index in [0.717, 1.165) is 10.2 Å². The molecular weight excluding hydrogens is 372 g/mol. The second kappa shape index (κ2) is 9.08. The Labute approximate surface area is 149 Å². The Morgan fingerprint density at radius 2 is 1.75 bits per heavy atom. The van der Waals surface area contributed by atoms with Crippen LogP contribution in [0.4, 0.5) is 11.4 Å². The van der Waals surface area contributed by atoms with E-state index in [9.17, 15) is 9.59 Å². The summed E-state index contributed by atoms with van der Waals surface area (Å²) in [5, 5.41) is 5.49. The average Bonchev–Trinajstić information content (AvgIpc) is 2.51. The molecule has 2 N–H and O–H groups in total. The van der Waals surface area contributed by atoms with Crippen molar-refractivity contribution in [3.63, 3.8) is 0 Å². The van der Waals surface area contributed by atoms with Gasteiger partial charge in [0, 0.05) is 29.2 Å². The largest absolute Gasteiger partial charge is 0.494 e. The van der Waals surface area contributed by atoms with Crippen LogP contribution in [0.15, 0.2) is 53.0 Å². The number of benzene rings is 2. The molecule has 0 saturated carbocycles. The van der Waals surface area contributed by atoms with Crippen molar-refractivity contribution in [2.75, 3.05) is 17.2 Å². The van der Waals surface area contributed by atoms with Crippen LogP contribution in [0.5, 0.6) is 5.75 Å². The van der Waals surface area contributed by atoms with Crippen molar-refractivity contribution in [2.45, 2.75) is 19.8 Å². The topological polar surface area (TPSA) is 67.4 Å². The lowest BCUT2D eigenvalue weighted by Crippen LogP contribution is -2.13. The molecule has 5 nitrogen and oxygen atoms in total. The minimum Gasteiger partial charge on any atom is -0.494 e. The summed E-state index contributed by atoms with van der Waals surface area (Å²) in [6.07, 6.45) is 0.974. The van der Waals surface area contributed by atoms with Gasteiger partial charge in [-0.3, -0.25) is 9.59 Å². The van der Waals surface area contributed by atoms with Gasteiger partial charge >= 0.3 is 0 Å². The van der Waals surface area contributed by atoms with Gasteiger partial charge < -0.3 is 15.4 Å². The SMILES string of the molecule is CC(=O)Nc1cccc(NC(=O)CCCOc2cccc(Br)c2)c1. The quantitative estimate of drug-likeness (QED) is 0.695. The van der Waals surface area contributed by atoms with Gasteiger partial charge in [-0.15, -0.1) is 0 Å². The highest BCUT2D eigenvalue weighted by molar-refractivity contribution is 9.10. The Morgan fingerprint density at radius 1 is 1.04 bits per heavy atom. The molecular formula is C18H19BrN2O3. The Balaban J connectivity index is 1.74. The molecule has 126 valence electrons. The highest BCUT2D eigenvalue weighted by Crippen LogP contribution is 2.18. The lowest BCUT2D eigenvalue weighted by molar-refractivity contribution is -0.116. The van der Waals surface area contributed by atoms with Crippen molar-refractivity contribution in [3.05, 3.63) is 53.0 Å². The third-order valence-corrected chi connectivity index (χ3v) is 3.57. The van der Waals surface area contributed by atoms with E-state index in [1.54, 1.807) is 24.3 Å². The summed E-state index contributed by atoms with van der Waals surface area (Å²) >= 11 is 3.38. The third kappa shape index (κ3) is 6.42. The van der Waals surface area contributed by atoms with Crippen LogP contribution in [-0.4, -0.2) is 18.4 Å². The first-order chi connectivity index (χ1) is 11.5. The molecule has 0 atom stereocenters. The van der Waals surface area contributed by atoms with Crippen molar-refractivity contribution < 1.29 is 14.3 Å². The van der Waals surface area contributed by atoms with Gasteiger partial charge in [0.15, 0.2) is 0 Å². The van der Waals surface area contributed by atoms with Crippen LogP contribution in [0.1, 0.15) is 19.8 Å². The van der Waals surface area contributed by atoms with Crippen LogP contribution in [0.2, 0.25) is 0 Å². The lowest BCUT2D eigenvalue weighted by atomic mass is 10.2. The summed E-state index contributed by atoms with van der Waals surface area (Å²) < 4.78 is 6.55. The predicted octanol–water partition coefficient (Wildman–Crippen LogP) is 4.21. The average molecular weight is 391 g/mol. The maximum atomic E-state index is 11.9. The minimum absolute atomic E-state index is 0.0900. The minimum atomic E-state index is -0.150. The van der Waals surface area contributed by atoms with Crippen LogP contribution in [-0.2, 0) is 9.59 Å². The van der Waals surface area contributed by atoms with E-state index in [-0.39, 0.29) is 11.8 Å². The molecule has 0 aliphatic heterocycles. The number of rotatable bonds is 7. The van der Waals surface area contributed by atoms with Crippen LogP contribution in [0.3, 0.4) is 0 Å². The normalized spacial score (nSPS) is 10.1. The van der Waals surface area contributed by atoms with Crippen molar-refractivity contribution in [1.29, 1.82) is 0 Å². The number of amides is 2. The van der Waals surface area contributed by atoms with Crippen LogP contribution in [0.25, 0.3) is 0 Å². The molecule has 2 amide bonds. The molecule has 24 heavy (non-hydrogen) atoms. The molecule has 2 aromatic carbocycles. The molecule has 6 heteroatoms. The van der Waals surface area contributed by atoms with E-state index >= 15 is 0 Å². The second-order valence-corrected chi connectivity index (χ2v) is 6.14. The van der Waals surface area contributed by atoms with Crippen LogP contribution < -0.4 is 15.4 Å². The van der Waals surface area contributed by atoms with Gasteiger partial charge in [0.05, 0.1) is 6.61 Å². The zero-order valence-electron chi connectivity index (χ0n) is 13.3. The van der Waals surface area contributed by atoms with Crippen LogP contribution >= 0.6 is 15.9 Å². The molecule has 0 unspecified atom stereocenters. The Kier molecular flexibility index (Phi) is 6.81. The number of nitrogens with one attached hydrogen (secondary N) is 2. The maximum Gasteiger partial charge on any atom is 0.224 e. The number of ether oxygens (including phenoxy) is 1. The van der Waals surface area contributed by atoms with E-state index < -0.39 is 0 Å². The summed E-state index contributed by atoms with van der Waals surface area (Å²) in [5.74, 6) is 0.531. The summed E-state index contributed by atoms with van der Waals surface area (Å²) in [7, 11) is 0. The monoisotopic (exact) mass is 390 g/mol. The molecule has 0 heterocycles. The fraction of sp³-hybridized carbons (Fsp3) is 0.222. The summed E-state index contributed by atoms with van der Waals surface area (Å²) in [5.41, 5.74) is 1.30. The van der Waals surface area contributed by atoms with Crippen molar-refractivity contribution in [1.82, 2.24) is 0 Å². The van der Waals surface area contributed by atoms with Crippen molar-refractivity contribution >= 4 is 39.1 Å². The Hall–Kier alpha value is -2.34. The number of halogens is 1. The van der Waals surface area contributed by atoms with E-state index in [1.165, 1.54) is 6.92 Å². The first-order valence-electron chi connectivity index (χ1n) is 7.59. The van der Waals surface area contributed by atoms with Crippen LogP contribution in [0, 0.1) is 0 Å². The van der Waals surface area contributed by atoms with Gasteiger partial charge in [-0.2, -0.15) is 0 Å². The zero-order chi connectivity index (χ0) is 17.4. The Morgan fingerprint density at radius 3 is 2.46 bits per heavy atom. The molecule has 0 aromatic heterocycles. The lowest BCUT2D eigenvalue weighted by Gasteiger charge is -2.09. The molecule has 2 rings (SSSR count). The molecule has 0 spiro atoms. The summed E-state index contributed by atoms with van der Waals surface area (Å²) in [4.78, 5) is 23.0. The number of hydrogen-bond donors (Lipinski definition) is 2. The number of hydrogen-bond acceptors (Lipinski definition) is 3. The first-order valence-corrected chi connectivity index (χ1v) is 8.38. The van der Waals surface area contributed by atoms with E-state index in [4.69, 9.17) is 4.74 Å². The van der Waals surface area contributed by atoms with Gasteiger partial charge in [-0.05, 0) is 42.8 Å². The molecule has 0 aliphatic rings. The number of anilines is 2. The summed E-state index contributed by atoms with van der Waals surface area (Å²) in [6.45, 7) is 1.91. The fourth-order valence-electron chi connectivity index (χ4n) is 2.08. The highest BCUT2D eigenvalue weighted by Gasteiger charge is 2.04. The van der Waals surface area contributed by atoms with Gasteiger partial charge in [0.25, 0.3) is 0 Å². The van der Waals surface area contributed by atoms with Crippen molar-refractivity contribution in [3.8, 4) is 5.75 Å². The number of carbonyl (C=O) groups excluding carboxylic acids is 2. The predicted molar refractivity (Wildman–Crippen MR) is 98.2 cm³/mol. The molecule has 0 saturated heterocycles. The van der Waals surface area contributed by atoms with E-state index in [2.05, 4.69) is 26.6 Å². The molecule has 2 aromatic rings. The molecule has 0 bridgehead atoms. The fourth-order valence-corrected chi connectivity index (χ4v) is 2.46. The molecule has 0 radical (unpaired) electrons. The number of carbonyl (C=O) groups is 2. The standard InChI is InChI=1S/C18H19BrN2O3/c1-13(22)20-15-6-3-7-16(12-15)21-18(23)9-4-10-24-17-8-2-5-14(19)11-17/h2-3,5-8,11-12H,4,9-10H2,1H3,(H,20,22)(H,21,23). The van der Waals surface area contributed by atoms with Gasteiger partial charge in [0.2, 0.25) is 11.8 Å². The highest BCUT2D eigenvalue weighted by atomic mass is 79.9. The molecule has 0 aliphatic carbocycles. The van der Waals surface area contributed by atoms with Gasteiger partial charge in [0.1, 0.15) is 5.75 Å². The van der Waals surface area contributed by atoms with Crippen molar-refractivity contribution in [2.24, 2.45) is 0 Å². The van der Waals surface area contributed by atoms with Gasteiger partial charge in [-0.25, -0.2) is 0 Å².